The smallest absolute Gasteiger partial charge is 0.399 e. The van der Waals surface area contributed by atoms with Crippen molar-refractivity contribution in [3.63, 3.8) is 0 Å². The van der Waals surface area contributed by atoms with Crippen molar-refractivity contribution in [2.45, 2.75) is 0 Å². The van der Waals surface area contributed by atoms with Crippen LogP contribution in [0.15, 0.2) is 0 Å². The second-order valence-corrected chi connectivity index (χ2v) is 8.21. The molecule has 0 unspecified atom stereocenters. The van der Waals surface area contributed by atoms with Crippen molar-refractivity contribution >= 4 is 20.8 Å². The molecule has 0 spiro atoms. The molecule has 14 heteroatoms. The SMILES string of the molecule is CN(C)CCO.COS(=O)(=O)OC.COS(=O)(=O)[O-].C[N+](C)(C)CCO. The summed E-state index contributed by atoms with van der Waals surface area (Å²) >= 11 is 0. The fourth-order valence-electron chi connectivity index (χ4n) is 0.568. The summed E-state index contributed by atoms with van der Waals surface area (Å²) in [5.74, 6) is 0. The molecule has 2 N–H and O–H groups in total. The van der Waals surface area contributed by atoms with E-state index in [2.05, 4.69) is 33.7 Å². The van der Waals surface area contributed by atoms with Gasteiger partial charge in [-0.2, -0.15) is 8.42 Å². The largest absolute Gasteiger partial charge is 0.726 e. The average Bonchev–Trinajstić information content (AvgIpc) is 2.47. The van der Waals surface area contributed by atoms with E-state index >= 15 is 0 Å². The third-order valence-corrected chi connectivity index (χ3v) is 3.16. The number of rotatable bonds is 7. The highest BCUT2D eigenvalue weighted by atomic mass is 32.3. The molecule has 0 amide bonds. The first-order valence-electron chi connectivity index (χ1n) is 7.06. The molecular weight excluding hydrogens is 396 g/mol. The minimum absolute atomic E-state index is 0.257. The lowest BCUT2D eigenvalue weighted by molar-refractivity contribution is -0.870. The van der Waals surface area contributed by atoms with E-state index in [-0.39, 0.29) is 13.2 Å². The molecule has 0 aliphatic rings. The summed E-state index contributed by atoms with van der Waals surface area (Å²) in [5, 5.41) is 16.6. The van der Waals surface area contributed by atoms with Crippen LogP contribution in [0.3, 0.4) is 0 Å². The zero-order valence-corrected chi connectivity index (χ0v) is 18.3. The van der Waals surface area contributed by atoms with Gasteiger partial charge in [0.2, 0.25) is 10.4 Å². The van der Waals surface area contributed by atoms with Gasteiger partial charge in [-0.1, -0.05) is 0 Å². The van der Waals surface area contributed by atoms with Crippen LogP contribution in [0.25, 0.3) is 0 Å². The van der Waals surface area contributed by atoms with Crippen LogP contribution >= 0.6 is 0 Å². The van der Waals surface area contributed by atoms with E-state index < -0.39 is 20.8 Å². The Morgan fingerprint density at radius 2 is 1.23 bits per heavy atom. The Labute approximate surface area is 157 Å². The fourth-order valence-corrected chi connectivity index (χ4v) is 0.704. The van der Waals surface area contributed by atoms with E-state index in [0.717, 1.165) is 38.9 Å². The first-order valence-corrected chi connectivity index (χ1v) is 9.73. The van der Waals surface area contributed by atoms with Crippen molar-refractivity contribution in [2.24, 2.45) is 0 Å². The van der Waals surface area contributed by atoms with Crippen LogP contribution in [0.5, 0.6) is 0 Å². The summed E-state index contributed by atoms with van der Waals surface area (Å²) in [4.78, 5) is 1.93. The molecule has 0 bridgehead atoms. The van der Waals surface area contributed by atoms with Gasteiger partial charge in [-0.25, -0.2) is 8.42 Å². The molecule has 164 valence electrons. The van der Waals surface area contributed by atoms with Crippen molar-refractivity contribution < 1.29 is 48.6 Å². The van der Waals surface area contributed by atoms with E-state index in [0.29, 0.717) is 0 Å². The van der Waals surface area contributed by atoms with Crippen molar-refractivity contribution in [3.05, 3.63) is 0 Å². The molecule has 0 aliphatic heterocycles. The Morgan fingerprint density at radius 1 is 0.885 bits per heavy atom. The third kappa shape index (κ3) is 49.5. The predicted octanol–water partition coefficient (Wildman–Crippen LogP) is -2.16. The molecule has 0 saturated heterocycles. The van der Waals surface area contributed by atoms with E-state index in [4.69, 9.17) is 10.2 Å². The summed E-state index contributed by atoms with van der Waals surface area (Å²) in [6.45, 7) is 2.14. The monoisotopic (exact) mass is 430 g/mol. The maximum atomic E-state index is 9.92. The van der Waals surface area contributed by atoms with Crippen LogP contribution in [0, 0.1) is 0 Å². The lowest BCUT2D eigenvalue weighted by Gasteiger charge is -2.21. The van der Waals surface area contributed by atoms with Gasteiger partial charge < -0.3 is 24.1 Å². The van der Waals surface area contributed by atoms with E-state index in [1.165, 1.54) is 0 Å². The number of quaternary nitrogens is 1. The topological polar surface area (TPSA) is 163 Å². The van der Waals surface area contributed by atoms with Crippen molar-refractivity contribution in [3.8, 4) is 0 Å². The first kappa shape index (κ1) is 33.2. The van der Waals surface area contributed by atoms with Gasteiger partial charge in [-0.3, -0.25) is 12.5 Å². The summed E-state index contributed by atoms with van der Waals surface area (Å²) in [6.07, 6.45) is 0. The van der Waals surface area contributed by atoms with Gasteiger partial charge in [-0.15, -0.1) is 0 Å². The van der Waals surface area contributed by atoms with Gasteiger partial charge >= 0.3 is 10.4 Å². The van der Waals surface area contributed by atoms with Crippen LogP contribution in [-0.2, 0) is 33.3 Å². The molecular formula is C12H34N2O10S2. The number of hydrogen-bond acceptors (Lipinski definition) is 11. The van der Waals surface area contributed by atoms with Crippen molar-refractivity contribution in [1.29, 1.82) is 0 Å². The van der Waals surface area contributed by atoms with Crippen LogP contribution in [-0.4, -0.2) is 124 Å². The van der Waals surface area contributed by atoms with Crippen molar-refractivity contribution in [1.82, 2.24) is 4.90 Å². The van der Waals surface area contributed by atoms with Gasteiger partial charge in [-0.05, 0) is 14.1 Å². The van der Waals surface area contributed by atoms with Gasteiger partial charge in [0, 0.05) is 6.54 Å². The molecule has 0 heterocycles. The number of hydrogen-bond donors (Lipinski definition) is 2. The molecule has 0 aliphatic carbocycles. The predicted molar refractivity (Wildman–Crippen MR) is 95.3 cm³/mol. The minimum atomic E-state index is -4.41. The van der Waals surface area contributed by atoms with E-state index in [9.17, 15) is 21.4 Å². The van der Waals surface area contributed by atoms with Gasteiger partial charge in [0.05, 0.1) is 55.7 Å². The lowest BCUT2D eigenvalue weighted by Crippen LogP contribution is -2.36. The standard InChI is InChI=1S/C5H14NO.C4H11NO.C2H6O4S.CH4O4S/c1-6(2,3)4-5-7;1-5(2)3-4-6;1-5-7(3,4)6-2;1-5-6(2,3)4/h7H,4-5H2,1-3H3;6H,3-4H2,1-2H3;1-2H3;1H3,(H,2,3,4)/q+1;;;/p-1. The zero-order valence-electron chi connectivity index (χ0n) is 16.7. The maximum absolute atomic E-state index is 9.92. The molecule has 0 aromatic carbocycles. The summed E-state index contributed by atoms with van der Waals surface area (Å²) in [7, 11) is 4.80. The Hall–Kier alpha value is -0.420. The van der Waals surface area contributed by atoms with Crippen LogP contribution in [0.4, 0.5) is 0 Å². The number of nitrogens with zero attached hydrogens (tertiary/aromatic N) is 2. The second kappa shape index (κ2) is 18.0. The number of aliphatic hydroxyl groups excluding tert-OH is 2. The van der Waals surface area contributed by atoms with Crippen LogP contribution in [0.1, 0.15) is 0 Å². The quantitative estimate of drug-likeness (QED) is 0.257. The molecule has 0 fully saturated rings. The Kier molecular flexibility index (Phi) is 22.9. The maximum Gasteiger partial charge on any atom is 0.399 e. The van der Waals surface area contributed by atoms with Crippen molar-refractivity contribution in [2.75, 3.05) is 82.9 Å². The van der Waals surface area contributed by atoms with E-state index in [1.54, 1.807) is 0 Å². The molecule has 0 saturated carbocycles. The van der Waals surface area contributed by atoms with Crippen LogP contribution in [0.2, 0.25) is 0 Å². The molecule has 0 rings (SSSR count). The zero-order chi connectivity index (χ0) is 22.0. The summed E-state index contributed by atoms with van der Waals surface area (Å²) in [5.41, 5.74) is 0. The lowest BCUT2D eigenvalue weighted by atomic mass is 10.5. The Balaban J connectivity index is -0.000000124. The molecule has 26 heavy (non-hydrogen) atoms. The Morgan fingerprint density at radius 3 is 1.23 bits per heavy atom. The van der Waals surface area contributed by atoms with Crippen LogP contribution < -0.4 is 0 Å². The average molecular weight is 431 g/mol. The minimum Gasteiger partial charge on any atom is -0.726 e. The van der Waals surface area contributed by atoms with Gasteiger partial charge in [0.1, 0.15) is 6.54 Å². The first-order chi connectivity index (χ1) is 11.5. The highest BCUT2D eigenvalue weighted by Gasteiger charge is 2.02. The second-order valence-electron chi connectivity index (χ2n) is 5.58. The normalized spacial score (nSPS) is 11.4. The number of aliphatic hydroxyl groups is 2. The number of likely N-dealkylation sites (N-methyl/N-ethyl adjacent to an activating group) is 2. The fraction of sp³-hybridized carbons (Fsp3) is 1.00. The summed E-state index contributed by atoms with van der Waals surface area (Å²) in [6, 6.07) is 0. The summed E-state index contributed by atoms with van der Waals surface area (Å²) < 4.78 is 59.4. The Bertz CT molecular complexity index is 477. The van der Waals surface area contributed by atoms with E-state index in [1.807, 2.05) is 19.0 Å². The van der Waals surface area contributed by atoms with Gasteiger partial charge in [0.25, 0.3) is 0 Å². The van der Waals surface area contributed by atoms with Gasteiger partial charge in [0.15, 0.2) is 0 Å². The highest BCUT2D eigenvalue weighted by molar-refractivity contribution is 7.81. The third-order valence-electron chi connectivity index (χ3n) is 1.93. The highest BCUT2D eigenvalue weighted by Crippen LogP contribution is 1.86. The molecule has 12 nitrogen and oxygen atoms in total. The molecule has 0 radical (unpaired) electrons. The molecule has 0 atom stereocenters. The molecule has 0 aromatic rings. The molecule has 0 aromatic heterocycles.